The molecule has 0 aliphatic rings. The van der Waals surface area contributed by atoms with E-state index < -0.39 is 9.84 Å². The lowest BCUT2D eigenvalue weighted by atomic mass is 10.1. The van der Waals surface area contributed by atoms with Crippen LogP contribution in [0.25, 0.3) is 0 Å². The number of anilines is 1. The normalized spacial score (nSPS) is 11.8. The Morgan fingerprint density at radius 2 is 1.91 bits per heavy atom. The molecule has 1 N–H and O–H groups in total. The molecule has 1 aromatic heterocycles. The van der Waals surface area contributed by atoms with Gasteiger partial charge in [-0.3, -0.25) is 0 Å². The van der Waals surface area contributed by atoms with Crippen molar-refractivity contribution in [2.24, 2.45) is 5.92 Å². The van der Waals surface area contributed by atoms with Crippen molar-refractivity contribution in [3.8, 4) is 0 Å². The molecule has 0 aliphatic carbocycles. The summed E-state index contributed by atoms with van der Waals surface area (Å²) in [5, 5.41) is 4.00. The minimum absolute atomic E-state index is 0.0551. The summed E-state index contributed by atoms with van der Waals surface area (Å²) in [5.41, 5.74) is 1.79. The average Bonchev–Trinajstić information content (AvgIpc) is 2.82. The van der Waals surface area contributed by atoms with Gasteiger partial charge in [-0.25, -0.2) is 13.4 Å². The second-order valence-electron chi connectivity index (χ2n) is 5.81. The molecule has 7 heteroatoms. The van der Waals surface area contributed by atoms with Gasteiger partial charge in [-0.1, -0.05) is 38.1 Å². The molecule has 0 amide bonds. The van der Waals surface area contributed by atoms with E-state index >= 15 is 0 Å². The predicted octanol–water partition coefficient (Wildman–Crippen LogP) is 2.89. The van der Waals surface area contributed by atoms with Gasteiger partial charge in [0.1, 0.15) is 5.82 Å². The van der Waals surface area contributed by atoms with Crippen molar-refractivity contribution in [2.75, 3.05) is 11.6 Å². The zero-order chi connectivity index (χ0) is 16.2. The van der Waals surface area contributed by atoms with Crippen molar-refractivity contribution in [1.82, 2.24) is 9.36 Å². The van der Waals surface area contributed by atoms with E-state index in [1.165, 1.54) is 17.8 Å². The summed E-state index contributed by atoms with van der Waals surface area (Å²) in [4.78, 5) is 4.45. The maximum Gasteiger partial charge on any atom is 0.202 e. The number of rotatable bonds is 7. The Hall–Kier alpha value is -1.47. The van der Waals surface area contributed by atoms with E-state index in [9.17, 15) is 8.42 Å². The molecule has 22 heavy (non-hydrogen) atoms. The molecule has 0 saturated heterocycles. The second kappa shape index (κ2) is 7.19. The number of sulfone groups is 1. The first-order valence-corrected chi connectivity index (χ1v) is 9.98. The highest BCUT2D eigenvalue weighted by atomic mass is 32.2. The van der Waals surface area contributed by atoms with Gasteiger partial charge in [0.15, 0.2) is 9.84 Å². The molecule has 2 aromatic rings. The molecule has 1 aromatic carbocycles. The van der Waals surface area contributed by atoms with Crippen molar-refractivity contribution in [3.05, 3.63) is 41.2 Å². The van der Waals surface area contributed by atoms with Crippen LogP contribution in [-0.4, -0.2) is 24.0 Å². The van der Waals surface area contributed by atoms with Crippen LogP contribution in [0.15, 0.2) is 24.3 Å². The van der Waals surface area contributed by atoms with Gasteiger partial charge >= 0.3 is 0 Å². The summed E-state index contributed by atoms with van der Waals surface area (Å²) in [6.45, 7) is 4.81. The van der Waals surface area contributed by atoms with Crippen LogP contribution in [0.2, 0.25) is 0 Å². The van der Waals surface area contributed by atoms with E-state index in [0.717, 1.165) is 28.5 Å². The molecule has 0 atom stereocenters. The highest BCUT2D eigenvalue weighted by molar-refractivity contribution is 7.89. The highest BCUT2D eigenvalue weighted by Crippen LogP contribution is 2.17. The summed E-state index contributed by atoms with van der Waals surface area (Å²) in [6.07, 6.45) is 2.11. The molecule has 120 valence electrons. The van der Waals surface area contributed by atoms with Gasteiger partial charge in [-0.2, -0.15) is 4.37 Å². The van der Waals surface area contributed by atoms with Crippen LogP contribution in [0, 0.1) is 5.92 Å². The van der Waals surface area contributed by atoms with Crippen LogP contribution >= 0.6 is 11.5 Å². The van der Waals surface area contributed by atoms with Crippen molar-refractivity contribution >= 4 is 26.5 Å². The van der Waals surface area contributed by atoms with Gasteiger partial charge in [0.2, 0.25) is 5.13 Å². The summed E-state index contributed by atoms with van der Waals surface area (Å²) in [6, 6.07) is 7.55. The third-order valence-corrected chi connectivity index (χ3v) is 4.57. The molecule has 0 unspecified atom stereocenters. The minimum Gasteiger partial charge on any atom is -0.356 e. The van der Waals surface area contributed by atoms with Gasteiger partial charge in [0, 0.05) is 30.8 Å². The van der Waals surface area contributed by atoms with Crippen LogP contribution in [0.1, 0.15) is 30.8 Å². The first-order valence-electron chi connectivity index (χ1n) is 7.14. The van der Waals surface area contributed by atoms with Crippen LogP contribution in [0.5, 0.6) is 0 Å². The van der Waals surface area contributed by atoms with E-state index in [1.807, 2.05) is 24.3 Å². The molecule has 0 spiro atoms. The molecule has 0 radical (unpaired) electrons. The Balaban J connectivity index is 2.04. The number of benzene rings is 1. The predicted molar refractivity (Wildman–Crippen MR) is 90.8 cm³/mol. The number of hydrogen-bond acceptors (Lipinski definition) is 6. The molecule has 0 fully saturated rings. The Morgan fingerprint density at radius 3 is 2.55 bits per heavy atom. The molecule has 1 heterocycles. The van der Waals surface area contributed by atoms with Crippen molar-refractivity contribution < 1.29 is 8.42 Å². The van der Waals surface area contributed by atoms with E-state index in [0.29, 0.717) is 12.5 Å². The van der Waals surface area contributed by atoms with Gasteiger partial charge in [-0.05, 0) is 17.0 Å². The number of nitrogens with zero attached hydrogens (tertiary/aromatic N) is 2. The van der Waals surface area contributed by atoms with Crippen LogP contribution < -0.4 is 5.32 Å². The van der Waals surface area contributed by atoms with Gasteiger partial charge in [-0.15, -0.1) is 0 Å². The fourth-order valence-corrected chi connectivity index (χ4v) is 3.53. The molecule has 5 nitrogen and oxygen atoms in total. The molecule has 0 bridgehead atoms. The zero-order valence-corrected chi connectivity index (χ0v) is 14.7. The quantitative estimate of drug-likeness (QED) is 0.840. The summed E-state index contributed by atoms with van der Waals surface area (Å²) in [5.74, 6) is 1.43. The highest BCUT2D eigenvalue weighted by Gasteiger charge is 2.10. The summed E-state index contributed by atoms with van der Waals surface area (Å²) >= 11 is 1.34. The average molecular weight is 339 g/mol. The van der Waals surface area contributed by atoms with Gasteiger partial charge in [0.25, 0.3) is 0 Å². The second-order valence-corrected chi connectivity index (χ2v) is 8.70. The standard InChI is InChI=1S/C15H21N3O2S2/c1-11(2)8-14-17-15(21-18-14)16-9-12-6-4-5-7-13(12)10-22(3,19)20/h4-7,11H,8-10H2,1-3H3,(H,16,17,18). The third-order valence-electron chi connectivity index (χ3n) is 3.03. The number of aromatic nitrogens is 2. The Kier molecular flexibility index (Phi) is 5.52. The van der Waals surface area contributed by atoms with Crippen molar-refractivity contribution in [3.63, 3.8) is 0 Å². The Labute approximate surface area is 135 Å². The van der Waals surface area contributed by atoms with E-state index in [4.69, 9.17) is 0 Å². The number of nitrogens with one attached hydrogen (secondary N) is 1. The topological polar surface area (TPSA) is 72.0 Å². The molecule has 0 aliphatic heterocycles. The lowest BCUT2D eigenvalue weighted by Gasteiger charge is -2.09. The van der Waals surface area contributed by atoms with Gasteiger partial charge in [0.05, 0.1) is 5.75 Å². The number of hydrogen-bond donors (Lipinski definition) is 1. The largest absolute Gasteiger partial charge is 0.356 e. The first kappa shape index (κ1) is 16.9. The molecular weight excluding hydrogens is 318 g/mol. The lowest BCUT2D eigenvalue weighted by molar-refractivity contribution is 0.601. The summed E-state index contributed by atoms with van der Waals surface area (Å²) in [7, 11) is -3.05. The zero-order valence-electron chi connectivity index (χ0n) is 13.0. The fraction of sp³-hybridized carbons (Fsp3) is 0.467. The van der Waals surface area contributed by atoms with Gasteiger partial charge < -0.3 is 5.32 Å². The van der Waals surface area contributed by atoms with Crippen molar-refractivity contribution in [1.29, 1.82) is 0 Å². The van der Waals surface area contributed by atoms with E-state index in [1.54, 1.807) is 0 Å². The van der Waals surface area contributed by atoms with E-state index in [2.05, 4.69) is 28.5 Å². The molecule has 0 saturated carbocycles. The van der Waals surface area contributed by atoms with Crippen molar-refractivity contribution in [2.45, 2.75) is 32.6 Å². The lowest BCUT2D eigenvalue weighted by Crippen LogP contribution is -2.07. The first-order chi connectivity index (χ1) is 10.3. The SMILES string of the molecule is CC(C)Cc1nsc(NCc2ccccc2CS(C)(=O)=O)n1. The maximum atomic E-state index is 11.5. The molecular formula is C15H21N3O2S2. The van der Waals surface area contributed by atoms with Crippen LogP contribution in [0.3, 0.4) is 0 Å². The maximum absolute atomic E-state index is 11.5. The third kappa shape index (κ3) is 5.38. The van der Waals surface area contributed by atoms with Crippen LogP contribution in [0.4, 0.5) is 5.13 Å². The summed E-state index contributed by atoms with van der Waals surface area (Å²) < 4.78 is 27.3. The Bertz CT molecular complexity index is 724. The minimum atomic E-state index is -3.05. The van der Waals surface area contributed by atoms with Crippen LogP contribution in [-0.2, 0) is 28.6 Å². The fourth-order valence-electron chi connectivity index (χ4n) is 2.10. The Morgan fingerprint density at radius 1 is 1.23 bits per heavy atom. The monoisotopic (exact) mass is 339 g/mol. The van der Waals surface area contributed by atoms with E-state index in [-0.39, 0.29) is 5.75 Å². The smallest absolute Gasteiger partial charge is 0.202 e. The molecule has 2 rings (SSSR count).